The van der Waals surface area contributed by atoms with E-state index in [2.05, 4.69) is 50.4 Å². The Bertz CT molecular complexity index is 581. The van der Waals surface area contributed by atoms with E-state index in [-0.39, 0.29) is 10.8 Å². The summed E-state index contributed by atoms with van der Waals surface area (Å²) in [5.41, 5.74) is 1.92. The largest absolute Gasteiger partial charge is 0.465 e. The molecule has 0 aromatic rings. The normalized spacial score (nSPS) is 27.1. The van der Waals surface area contributed by atoms with Gasteiger partial charge in [0, 0.05) is 30.3 Å². The van der Waals surface area contributed by atoms with Gasteiger partial charge in [-0.1, -0.05) is 26.8 Å². The molecular weight excluding hydrogens is 362 g/mol. The fourth-order valence-electron chi connectivity index (χ4n) is 4.76. The van der Waals surface area contributed by atoms with E-state index in [9.17, 15) is 4.79 Å². The molecule has 27 heavy (non-hydrogen) atoms. The molecular formula is C20H36N3O3S+. The zero-order valence-electron chi connectivity index (χ0n) is 17.5. The number of hydrogen-bond donors (Lipinski definition) is 2. The number of nitrogens with one attached hydrogen (secondary N) is 1. The number of carboxylic acid groups (broad SMARTS) is 1. The first-order valence-electron chi connectivity index (χ1n) is 10.1. The van der Waals surface area contributed by atoms with Crippen molar-refractivity contribution in [3.63, 3.8) is 0 Å². The average molecular weight is 399 g/mol. The van der Waals surface area contributed by atoms with Gasteiger partial charge in [0.25, 0.3) is 0 Å². The van der Waals surface area contributed by atoms with Crippen molar-refractivity contribution in [3.05, 3.63) is 23.4 Å². The van der Waals surface area contributed by atoms with Crippen molar-refractivity contribution < 1.29 is 19.1 Å². The maximum Gasteiger partial charge on any atom is 0.409 e. The summed E-state index contributed by atoms with van der Waals surface area (Å²) >= 11 is 1.95. The zero-order chi connectivity index (χ0) is 20.1. The molecule has 6 nitrogen and oxygen atoms in total. The van der Waals surface area contributed by atoms with Gasteiger partial charge in [0.15, 0.2) is 4.87 Å². The topological polar surface area (TPSA) is 61.8 Å². The van der Waals surface area contributed by atoms with Gasteiger partial charge < -0.3 is 14.3 Å². The summed E-state index contributed by atoms with van der Waals surface area (Å²) in [7, 11) is 2.37. The molecule has 1 fully saturated rings. The molecule has 0 aromatic carbocycles. The fourth-order valence-corrected chi connectivity index (χ4v) is 6.31. The van der Waals surface area contributed by atoms with Crippen LogP contribution in [0.2, 0.25) is 0 Å². The molecule has 1 aliphatic heterocycles. The van der Waals surface area contributed by atoms with Crippen molar-refractivity contribution >= 4 is 18.0 Å². The van der Waals surface area contributed by atoms with E-state index in [1.807, 2.05) is 18.0 Å². The maximum atomic E-state index is 11.1. The van der Waals surface area contributed by atoms with Crippen molar-refractivity contribution in [3.8, 4) is 0 Å². The second-order valence-corrected chi connectivity index (χ2v) is 9.16. The van der Waals surface area contributed by atoms with Crippen molar-refractivity contribution in [1.82, 2.24) is 9.62 Å². The molecule has 1 heterocycles. The van der Waals surface area contributed by atoms with Crippen LogP contribution < -0.4 is 5.32 Å². The third-order valence-corrected chi connectivity index (χ3v) is 7.75. The summed E-state index contributed by atoms with van der Waals surface area (Å²) in [6.45, 7) is 14.5. The smallest absolute Gasteiger partial charge is 0.409 e. The number of ether oxygens (including phenoxy) is 1. The molecule has 2 rings (SSSR count). The van der Waals surface area contributed by atoms with Gasteiger partial charge in [0.05, 0.1) is 33.4 Å². The van der Waals surface area contributed by atoms with Gasteiger partial charge in [-0.3, -0.25) is 5.32 Å². The number of rotatable bonds is 8. The minimum Gasteiger partial charge on any atom is -0.465 e. The Kier molecular flexibility index (Phi) is 7.80. The van der Waals surface area contributed by atoms with Gasteiger partial charge in [-0.2, -0.15) is 0 Å². The molecule has 154 valence electrons. The lowest BCUT2D eigenvalue weighted by Gasteiger charge is -2.55. The molecule has 0 bridgehead atoms. The highest BCUT2D eigenvalue weighted by molar-refractivity contribution is 7.98. The molecule has 0 saturated carbocycles. The standard InChI is InChI=1S/C20H35N3O3S/c1-6-10-23(5,11-7-2)20(27-22-8-12-26-13-9-22)16(3)14-18(15-17(20)4)21-19(24)25/h14-16,21H,6-13H2,1-5H3/p+1. The third kappa shape index (κ3) is 4.70. The highest BCUT2D eigenvalue weighted by atomic mass is 32.2. The second kappa shape index (κ2) is 9.45. The van der Waals surface area contributed by atoms with Gasteiger partial charge in [-0.25, -0.2) is 9.10 Å². The van der Waals surface area contributed by atoms with Crippen LogP contribution in [-0.2, 0) is 4.74 Å². The van der Waals surface area contributed by atoms with E-state index >= 15 is 0 Å². The molecule has 1 amide bonds. The Labute approximate surface area is 168 Å². The minimum atomic E-state index is -1.01. The van der Waals surface area contributed by atoms with Crippen LogP contribution in [0.4, 0.5) is 4.79 Å². The summed E-state index contributed by atoms with van der Waals surface area (Å²) in [5, 5.41) is 11.7. The lowest BCUT2D eigenvalue weighted by atomic mass is 9.85. The number of amides is 1. The highest BCUT2D eigenvalue weighted by Gasteiger charge is 2.55. The summed E-state index contributed by atoms with van der Waals surface area (Å²) < 4.78 is 8.95. The Hall–Kier alpha value is -1.02. The first-order chi connectivity index (χ1) is 12.8. The first-order valence-corrected chi connectivity index (χ1v) is 10.8. The second-order valence-electron chi connectivity index (χ2n) is 7.84. The van der Waals surface area contributed by atoms with E-state index in [0.29, 0.717) is 5.70 Å². The predicted molar refractivity (Wildman–Crippen MR) is 111 cm³/mol. The Balaban J connectivity index is 2.47. The van der Waals surface area contributed by atoms with Gasteiger partial charge in [0.2, 0.25) is 0 Å². The average Bonchev–Trinajstić information content (AvgIpc) is 2.59. The Morgan fingerprint density at radius 1 is 1.37 bits per heavy atom. The van der Waals surface area contributed by atoms with E-state index in [1.54, 1.807) is 0 Å². The number of quaternary nitrogens is 1. The Morgan fingerprint density at radius 3 is 2.44 bits per heavy atom. The number of morpholine rings is 1. The van der Waals surface area contributed by atoms with Crippen LogP contribution in [-0.4, -0.2) is 71.3 Å². The molecule has 1 aliphatic carbocycles. The quantitative estimate of drug-likeness (QED) is 0.371. The number of carbonyl (C=O) groups is 1. The van der Waals surface area contributed by atoms with Crippen LogP contribution >= 0.6 is 11.9 Å². The lowest BCUT2D eigenvalue weighted by molar-refractivity contribution is -0.941. The maximum absolute atomic E-state index is 11.1. The van der Waals surface area contributed by atoms with Gasteiger partial charge >= 0.3 is 6.09 Å². The van der Waals surface area contributed by atoms with Gasteiger partial charge in [0.1, 0.15) is 0 Å². The van der Waals surface area contributed by atoms with E-state index < -0.39 is 6.09 Å². The molecule has 0 spiro atoms. The van der Waals surface area contributed by atoms with E-state index in [0.717, 1.165) is 56.7 Å². The first kappa shape index (κ1) is 22.3. The fraction of sp³-hybridized carbons (Fsp3) is 0.750. The summed E-state index contributed by atoms with van der Waals surface area (Å²) in [6.07, 6.45) is 5.35. The SMILES string of the molecule is CCC[N+](C)(CCC)C1(SN2CCOCC2)C(C)=CC(NC(=O)O)=CC1C. The molecule has 0 radical (unpaired) electrons. The van der Waals surface area contributed by atoms with Gasteiger partial charge in [-0.05, 0) is 37.8 Å². The van der Waals surface area contributed by atoms with Crippen LogP contribution in [0.3, 0.4) is 0 Å². The van der Waals surface area contributed by atoms with Crippen LogP contribution in [0.15, 0.2) is 23.4 Å². The van der Waals surface area contributed by atoms with Crippen molar-refractivity contribution in [2.75, 3.05) is 46.4 Å². The van der Waals surface area contributed by atoms with Crippen LogP contribution in [0.1, 0.15) is 40.5 Å². The van der Waals surface area contributed by atoms with Crippen LogP contribution in [0, 0.1) is 5.92 Å². The predicted octanol–water partition coefficient (Wildman–Crippen LogP) is 3.68. The van der Waals surface area contributed by atoms with Crippen molar-refractivity contribution in [2.45, 2.75) is 45.4 Å². The third-order valence-electron chi connectivity index (χ3n) is 5.71. The number of likely N-dealkylation sites (N-methyl/N-ethyl adjacent to an activating group) is 1. The van der Waals surface area contributed by atoms with E-state index in [4.69, 9.17) is 9.84 Å². The number of hydrogen-bond acceptors (Lipinski definition) is 4. The highest BCUT2D eigenvalue weighted by Crippen LogP contribution is 2.51. The van der Waals surface area contributed by atoms with Crippen molar-refractivity contribution in [1.29, 1.82) is 0 Å². The molecule has 2 N–H and O–H groups in total. The molecule has 7 heteroatoms. The molecule has 0 aromatic heterocycles. The summed E-state index contributed by atoms with van der Waals surface area (Å²) in [4.78, 5) is 11.0. The number of nitrogens with zero attached hydrogens (tertiary/aromatic N) is 2. The molecule has 2 unspecified atom stereocenters. The summed E-state index contributed by atoms with van der Waals surface area (Å²) in [5.74, 6) is 0.195. The minimum absolute atomic E-state index is 0.146. The zero-order valence-corrected chi connectivity index (χ0v) is 18.3. The van der Waals surface area contributed by atoms with Crippen LogP contribution in [0.25, 0.3) is 0 Å². The summed E-state index contributed by atoms with van der Waals surface area (Å²) in [6, 6.07) is 0. The molecule has 2 atom stereocenters. The molecule has 1 saturated heterocycles. The van der Waals surface area contributed by atoms with Gasteiger partial charge in [-0.15, -0.1) is 0 Å². The monoisotopic (exact) mass is 398 g/mol. The van der Waals surface area contributed by atoms with E-state index in [1.165, 1.54) is 5.57 Å². The number of allylic oxidation sites excluding steroid dienone is 1. The van der Waals surface area contributed by atoms with Crippen molar-refractivity contribution in [2.24, 2.45) is 5.92 Å². The van der Waals surface area contributed by atoms with Crippen LogP contribution in [0.5, 0.6) is 0 Å². The lowest BCUT2D eigenvalue weighted by Crippen LogP contribution is -2.66. The Morgan fingerprint density at radius 2 is 1.96 bits per heavy atom. The molecule has 2 aliphatic rings.